The molecule has 0 saturated heterocycles. The summed E-state index contributed by atoms with van der Waals surface area (Å²) in [6.45, 7) is 1.86. The van der Waals surface area contributed by atoms with E-state index >= 15 is 0 Å². The second-order valence-electron chi connectivity index (χ2n) is 2.60. The van der Waals surface area contributed by atoms with Crippen LogP contribution in [0.4, 0.5) is 4.39 Å². The third-order valence-corrected chi connectivity index (χ3v) is 1.61. The minimum atomic E-state index is -0.453. The van der Waals surface area contributed by atoms with E-state index in [1.807, 2.05) is 13.0 Å². The maximum absolute atomic E-state index is 12.5. The first-order valence-corrected chi connectivity index (χ1v) is 4.08. The Balaban J connectivity index is 2.64. The molecule has 1 atom stereocenters. The van der Waals surface area contributed by atoms with E-state index in [2.05, 4.69) is 0 Å². The fourth-order valence-electron chi connectivity index (χ4n) is 0.878. The zero-order valence-corrected chi connectivity index (χ0v) is 7.33. The average molecular weight is 179 g/mol. The van der Waals surface area contributed by atoms with Crippen LogP contribution in [0.25, 0.3) is 0 Å². The van der Waals surface area contributed by atoms with Crippen molar-refractivity contribution in [3.8, 4) is 11.8 Å². The van der Waals surface area contributed by atoms with Crippen LogP contribution in [-0.4, -0.2) is 6.10 Å². The molecule has 1 aromatic carbocycles. The molecule has 0 spiro atoms. The molecular weight excluding hydrogens is 169 g/mol. The Hall–Kier alpha value is -1.56. The summed E-state index contributed by atoms with van der Waals surface area (Å²) in [4.78, 5) is 0. The van der Waals surface area contributed by atoms with Gasteiger partial charge in [0.2, 0.25) is 0 Å². The highest BCUT2D eigenvalue weighted by Gasteiger charge is 2.04. The quantitative estimate of drug-likeness (QED) is 0.714. The lowest BCUT2D eigenvalue weighted by molar-refractivity contribution is 0.251. The Bertz CT molecular complexity index is 302. The predicted molar refractivity (Wildman–Crippen MR) is 46.7 cm³/mol. The smallest absolute Gasteiger partial charge is 0.184 e. The van der Waals surface area contributed by atoms with Gasteiger partial charge >= 0.3 is 0 Å². The third kappa shape index (κ3) is 2.75. The molecule has 0 heterocycles. The van der Waals surface area contributed by atoms with Crippen LogP contribution in [0.3, 0.4) is 0 Å². The summed E-state index contributed by atoms with van der Waals surface area (Å²) in [5.41, 5.74) is 0. The van der Waals surface area contributed by atoms with Gasteiger partial charge in [0.1, 0.15) is 17.6 Å². The molecule has 0 bridgehead atoms. The second-order valence-corrected chi connectivity index (χ2v) is 2.60. The number of hydrogen-bond donors (Lipinski definition) is 0. The minimum absolute atomic E-state index is 0.308. The SMILES string of the molecule is CCC(C#N)Oc1ccc(F)cc1. The Morgan fingerprint density at radius 2 is 2.08 bits per heavy atom. The van der Waals surface area contributed by atoms with Crippen LogP contribution in [0.2, 0.25) is 0 Å². The van der Waals surface area contributed by atoms with Crippen molar-refractivity contribution in [2.75, 3.05) is 0 Å². The van der Waals surface area contributed by atoms with Crippen molar-refractivity contribution in [3.05, 3.63) is 30.1 Å². The minimum Gasteiger partial charge on any atom is -0.476 e. The van der Waals surface area contributed by atoms with Crippen molar-refractivity contribution in [2.24, 2.45) is 0 Å². The molecule has 0 aliphatic heterocycles. The summed E-state index contributed by atoms with van der Waals surface area (Å²) < 4.78 is 17.7. The second kappa shape index (κ2) is 4.46. The molecule has 0 aliphatic carbocycles. The molecule has 0 amide bonds. The molecule has 0 saturated carbocycles. The lowest BCUT2D eigenvalue weighted by Crippen LogP contribution is -2.11. The Morgan fingerprint density at radius 3 is 2.54 bits per heavy atom. The van der Waals surface area contributed by atoms with Crippen molar-refractivity contribution in [1.82, 2.24) is 0 Å². The number of nitrogens with zero attached hydrogens (tertiary/aromatic N) is 1. The van der Waals surface area contributed by atoms with Gasteiger partial charge in [-0.1, -0.05) is 6.92 Å². The van der Waals surface area contributed by atoms with Gasteiger partial charge in [0.25, 0.3) is 0 Å². The van der Waals surface area contributed by atoms with E-state index < -0.39 is 6.10 Å². The topological polar surface area (TPSA) is 33.0 Å². The van der Waals surface area contributed by atoms with Gasteiger partial charge in [0, 0.05) is 0 Å². The molecule has 3 heteroatoms. The van der Waals surface area contributed by atoms with E-state index in [4.69, 9.17) is 10.00 Å². The molecule has 1 unspecified atom stereocenters. The van der Waals surface area contributed by atoms with Gasteiger partial charge in [-0.2, -0.15) is 5.26 Å². The largest absolute Gasteiger partial charge is 0.476 e. The highest BCUT2D eigenvalue weighted by Crippen LogP contribution is 2.13. The maximum atomic E-state index is 12.5. The van der Waals surface area contributed by atoms with Gasteiger partial charge in [-0.15, -0.1) is 0 Å². The maximum Gasteiger partial charge on any atom is 0.184 e. The standard InChI is InChI=1S/C10H10FNO/c1-2-9(7-12)13-10-5-3-8(11)4-6-10/h3-6,9H,2H2,1H3. The molecule has 1 rings (SSSR count). The van der Waals surface area contributed by atoms with Gasteiger partial charge in [0.15, 0.2) is 6.10 Å². The number of benzene rings is 1. The van der Waals surface area contributed by atoms with Gasteiger partial charge in [-0.25, -0.2) is 4.39 Å². The van der Waals surface area contributed by atoms with Gasteiger partial charge in [0.05, 0.1) is 0 Å². The molecular formula is C10H10FNO. The highest BCUT2D eigenvalue weighted by molar-refractivity contribution is 5.22. The molecule has 1 aromatic rings. The van der Waals surface area contributed by atoms with E-state index in [9.17, 15) is 4.39 Å². The van der Waals surface area contributed by atoms with E-state index in [1.165, 1.54) is 24.3 Å². The van der Waals surface area contributed by atoms with Crippen LogP contribution >= 0.6 is 0 Å². The Kier molecular flexibility index (Phi) is 3.27. The fourth-order valence-corrected chi connectivity index (χ4v) is 0.878. The summed E-state index contributed by atoms with van der Waals surface area (Å²) in [5, 5.41) is 8.59. The Morgan fingerprint density at radius 1 is 1.46 bits per heavy atom. The first-order chi connectivity index (χ1) is 6.26. The fraction of sp³-hybridized carbons (Fsp3) is 0.300. The van der Waals surface area contributed by atoms with Crippen molar-refractivity contribution in [2.45, 2.75) is 19.4 Å². The molecule has 0 radical (unpaired) electrons. The summed E-state index contributed by atoms with van der Waals surface area (Å²) in [7, 11) is 0. The van der Waals surface area contributed by atoms with Crippen LogP contribution in [0.15, 0.2) is 24.3 Å². The molecule has 68 valence electrons. The first-order valence-electron chi connectivity index (χ1n) is 4.08. The number of nitriles is 1. The summed E-state index contributed by atoms with van der Waals surface area (Å²) in [5.74, 6) is 0.215. The zero-order valence-electron chi connectivity index (χ0n) is 7.33. The summed E-state index contributed by atoms with van der Waals surface area (Å²) in [6, 6.07) is 7.63. The van der Waals surface area contributed by atoms with Crippen LogP contribution in [0.1, 0.15) is 13.3 Å². The summed E-state index contributed by atoms with van der Waals surface area (Å²) >= 11 is 0. The molecule has 0 aliphatic rings. The number of halogens is 1. The predicted octanol–water partition coefficient (Wildman–Crippen LogP) is 2.51. The van der Waals surface area contributed by atoms with E-state index in [-0.39, 0.29) is 5.82 Å². The molecule has 0 N–H and O–H groups in total. The van der Waals surface area contributed by atoms with Crippen LogP contribution in [-0.2, 0) is 0 Å². The van der Waals surface area contributed by atoms with E-state index in [1.54, 1.807) is 0 Å². The van der Waals surface area contributed by atoms with Crippen molar-refractivity contribution < 1.29 is 9.13 Å². The van der Waals surface area contributed by atoms with Crippen molar-refractivity contribution in [3.63, 3.8) is 0 Å². The number of ether oxygens (including phenoxy) is 1. The molecule has 13 heavy (non-hydrogen) atoms. The normalized spacial score (nSPS) is 11.8. The monoisotopic (exact) mass is 179 g/mol. The van der Waals surface area contributed by atoms with Gasteiger partial charge in [-0.05, 0) is 30.7 Å². The molecule has 2 nitrogen and oxygen atoms in total. The van der Waals surface area contributed by atoms with Crippen LogP contribution in [0.5, 0.6) is 5.75 Å². The lowest BCUT2D eigenvalue weighted by Gasteiger charge is -2.09. The van der Waals surface area contributed by atoms with Gasteiger partial charge < -0.3 is 4.74 Å². The lowest BCUT2D eigenvalue weighted by atomic mass is 10.3. The van der Waals surface area contributed by atoms with Crippen molar-refractivity contribution in [1.29, 1.82) is 5.26 Å². The first kappa shape index (κ1) is 9.53. The van der Waals surface area contributed by atoms with Crippen LogP contribution in [0, 0.1) is 17.1 Å². The third-order valence-electron chi connectivity index (χ3n) is 1.61. The number of hydrogen-bond acceptors (Lipinski definition) is 2. The van der Waals surface area contributed by atoms with E-state index in [0.29, 0.717) is 12.2 Å². The Labute approximate surface area is 76.6 Å². The average Bonchev–Trinajstić information content (AvgIpc) is 2.17. The summed E-state index contributed by atoms with van der Waals surface area (Å²) in [6.07, 6.45) is 0.166. The zero-order chi connectivity index (χ0) is 9.68. The molecule has 0 fully saturated rings. The highest BCUT2D eigenvalue weighted by atomic mass is 19.1. The van der Waals surface area contributed by atoms with Crippen LogP contribution < -0.4 is 4.74 Å². The van der Waals surface area contributed by atoms with E-state index in [0.717, 1.165) is 0 Å². The molecule has 0 aromatic heterocycles. The number of rotatable bonds is 3. The van der Waals surface area contributed by atoms with Gasteiger partial charge in [-0.3, -0.25) is 0 Å². The van der Waals surface area contributed by atoms with Crippen molar-refractivity contribution >= 4 is 0 Å².